The molecule has 10 heavy (non-hydrogen) atoms. The fourth-order valence-electron chi connectivity index (χ4n) is 0.494. The SMILES string of the molecule is C.C.C#Cc1cnc(C)[nH]1. The minimum atomic E-state index is 0. The highest BCUT2D eigenvalue weighted by atomic mass is 14.9. The van der Waals surface area contributed by atoms with Crippen molar-refractivity contribution >= 4 is 0 Å². The highest BCUT2D eigenvalue weighted by Crippen LogP contribution is 1.90. The van der Waals surface area contributed by atoms with Gasteiger partial charge in [0.25, 0.3) is 0 Å². The molecule has 0 fully saturated rings. The van der Waals surface area contributed by atoms with Crippen molar-refractivity contribution < 1.29 is 0 Å². The van der Waals surface area contributed by atoms with Gasteiger partial charge in [-0.15, -0.1) is 6.42 Å². The monoisotopic (exact) mass is 138 g/mol. The Morgan fingerprint density at radius 1 is 1.60 bits per heavy atom. The van der Waals surface area contributed by atoms with Crippen LogP contribution >= 0.6 is 0 Å². The normalized spacial score (nSPS) is 6.80. The van der Waals surface area contributed by atoms with Crippen LogP contribution in [0, 0.1) is 19.3 Å². The van der Waals surface area contributed by atoms with Crippen LogP contribution in [0.4, 0.5) is 0 Å². The molecule has 0 spiro atoms. The lowest BCUT2D eigenvalue weighted by Crippen LogP contribution is -1.71. The molecular formula is C8H14N2. The van der Waals surface area contributed by atoms with Crippen molar-refractivity contribution in [2.24, 2.45) is 0 Å². The predicted octanol–water partition coefficient (Wildman–Crippen LogP) is 1.97. The van der Waals surface area contributed by atoms with E-state index in [1.807, 2.05) is 6.92 Å². The fraction of sp³-hybridized carbons (Fsp3) is 0.375. The van der Waals surface area contributed by atoms with Crippen molar-refractivity contribution in [1.82, 2.24) is 9.97 Å². The van der Waals surface area contributed by atoms with Crippen LogP contribution in [-0.4, -0.2) is 9.97 Å². The molecule has 0 unspecified atom stereocenters. The molecular weight excluding hydrogens is 124 g/mol. The molecule has 1 N–H and O–H groups in total. The van der Waals surface area contributed by atoms with Crippen molar-refractivity contribution in [3.63, 3.8) is 0 Å². The molecule has 1 heterocycles. The average molecular weight is 138 g/mol. The van der Waals surface area contributed by atoms with Gasteiger partial charge in [-0.3, -0.25) is 0 Å². The lowest BCUT2D eigenvalue weighted by atomic mass is 10.5. The molecule has 0 aromatic carbocycles. The Morgan fingerprint density at radius 3 is 2.40 bits per heavy atom. The summed E-state index contributed by atoms with van der Waals surface area (Å²) in [5.41, 5.74) is 0.738. The fourth-order valence-corrected chi connectivity index (χ4v) is 0.494. The van der Waals surface area contributed by atoms with Crippen LogP contribution in [0.1, 0.15) is 26.4 Å². The largest absolute Gasteiger partial charge is 0.336 e. The Kier molecular flexibility index (Phi) is 5.35. The van der Waals surface area contributed by atoms with E-state index in [9.17, 15) is 0 Å². The van der Waals surface area contributed by atoms with Crippen molar-refractivity contribution in [2.45, 2.75) is 21.8 Å². The molecule has 0 saturated carbocycles. The zero-order valence-corrected chi connectivity index (χ0v) is 4.60. The van der Waals surface area contributed by atoms with Gasteiger partial charge in [0.15, 0.2) is 0 Å². The second-order valence-electron chi connectivity index (χ2n) is 1.53. The first kappa shape index (κ1) is 11.6. The van der Waals surface area contributed by atoms with E-state index in [1.54, 1.807) is 6.20 Å². The lowest BCUT2D eigenvalue weighted by Gasteiger charge is -1.74. The molecule has 0 bridgehead atoms. The molecule has 0 atom stereocenters. The van der Waals surface area contributed by atoms with Gasteiger partial charge in [-0.1, -0.05) is 20.8 Å². The molecule has 1 rings (SSSR count). The number of hydrogen-bond acceptors (Lipinski definition) is 1. The van der Waals surface area contributed by atoms with E-state index >= 15 is 0 Å². The second-order valence-corrected chi connectivity index (χ2v) is 1.53. The Balaban J connectivity index is 0. The van der Waals surface area contributed by atoms with E-state index in [1.165, 1.54) is 0 Å². The van der Waals surface area contributed by atoms with Crippen LogP contribution in [0.5, 0.6) is 0 Å². The summed E-state index contributed by atoms with van der Waals surface area (Å²) < 4.78 is 0. The summed E-state index contributed by atoms with van der Waals surface area (Å²) in [6.45, 7) is 1.86. The van der Waals surface area contributed by atoms with Gasteiger partial charge < -0.3 is 4.98 Å². The Bertz CT molecular complexity index is 217. The first-order valence-electron chi connectivity index (χ1n) is 2.31. The highest BCUT2D eigenvalue weighted by molar-refractivity contribution is 5.21. The lowest BCUT2D eigenvalue weighted by molar-refractivity contribution is 1.14. The Labute approximate surface area is 62.7 Å². The summed E-state index contributed by atoms with van der Waals surface area (Å²) in [6, 6.07) is 0. The Hall–Kier alpha value is -1.23. The molecule has 0 saturated heterocycles. The van der Waals surface area contributed by atoms with Gasteiger partial charge >= 0.3 is 0 Å². The number of nitrogens with one attached hydrogen (secondary N) is 1. The minimum absolute atomic E-state index is 0. The van der Waals surface area contributed by atoms with E-state index in [0.717, 1.165) is 11.5 Å². The third-order valence-corrected chi connectivity index (χ3v) is 0.858. The number of aromatic amines is 1. The maximum Gasteiger partial charge on any atom is 0.109 e. The van der Waals surface area contributed by atoms with Gasteiger partial charge in [0.05, 0.1) is 6.20 Å². The predicted molar refractivity (Wildman–Crippen MR) is 44.7 cm³/mol. The topological polar surface area (TPSA) is 28.7 Å². The van der Waals surface area contributed by atoms with Gasteiger partial charge in [-0.25, -0.2) is 4.98 Å². The van der Waals surface area contributed by atoms with Gasteiger partial charge in [-0.2, -0.15) is 0 Å². The quantitative estimate of drug-likeness (QED) is 0.545. The van der Waals surface area contributed by atoms with E-state index in [-0.39, 0.29) is 14.9 Å². The average Bonchev–Trinajstić information content (AvgIpc) is 2.14. The number of aryl methyl sites for hydroxylation is 1. The van der Waals surface area contributed by atoms with Gasteiger partial charge in [-0.05, 0) is 6.92 Å². The van der Waals surface area contributed by atoms with E-state index in [2.05, 4.69) is 15.9 Å². The van der Waals surface area contributed by atoms with Crippen LogP contribution < -0.4 is 0 Å². The number of terminal acetylenes is 1. The standard InChI is InChI=1S/C6H6N2.2CH4/c1-3-6-4-7-5(2)8-6;;/h1,4H,2H3,(H,7,8);2*1H4. The maximum atomic E-state index is 5.04. The molecule has 2 nitrogen and oxygen atoms in total. The third-order valence-electron chi connectivity index (χ3n) is 0.858. The number of nitrogens with zero attached hydrogens (tertiary/aromatic N) is 1. The number of imidazole rings is 1. The summed E-state index contributed by atoms with van der Waals surface area (Å²) >= 11 is 0. The van der Waals surface area contributed by atoms with E-state index in [4.69, 9.17) is 6.42 Å². The highest BCUT2D eigenvalue weighted by Gasteiger charge is 1.87. The summed E-state index contributed by atoms with van der Waals surface area (Å²) in [4.78, 5) is 6.77. The van der Waals surface area contributed by atoms with Crippen molar-refractivity contribution in [1.29, 1.82) is 0 Å². The van der Waals surface area contributed by atoms with Crippen LogP contribution in [0.3, 0.4) is 0 Å². The Morgan fingerprint density at radius 2 is 2.20 bits per heavy atom. The number of H-pyrrole nitrogens is 1. The molecule has 0 radical (unpaired) electrons. The van der Waals surface area contributed by atoms with E-state index in [0.29, 0.717) is 0 Å². The summed E-state index contributed by atoms with van der Waals surface area (Å²) in [6.07, 6.45) is 6.68. The first-order valence-corrected chi connectivity index (χ1v) is 2.31. The number of aromatic nitrogens is 2. The number of rotatable bonds is 0. The third kappa shape index (κ3) is 2.36. The van der Waals surface area contributed by atoms with Crippen molar-refractivity contribution in [3.8, 4) is 12.3 Å². The first-order chi connectivity index (χ1) is 3.83. The summed E-state index contributed by atoms with van der Waals surface area (Å²) in [7, 11) is 0. The van der Waals surface area contributed by atoms with Crippen molar-refractivity contribution in [2.75, 3.05) is 0 Å². The number of hydrogen-bond donors (Lipinski definition) is 1. The van der Waals surface area contributed by atoms with Gasteiger partial charge in [0.1, 0.15) is 11.5 Å². The molecule has 0 aliphatic rings. The zero-order chi connectivity index (χ0) is 5.98. The molecule has 1 aromatic heterocycles. The van der Waals surface area contributed by atoms with Crippen LogP contribution in [0.15, 0.2) is 6.20 Å². The zero-order valence-electron chi connectivity index (χ0n) is 4.60. The summed E-state index contributed by atoms with van der Waals surface area (Å²) in [5.74, 6) is 3.29. The molecule has 0 aliphatic carbocycles. The van der Waals surface area contributed by atoms with Crippen LogP contribution in [0.2, 0.25) is 0 Å². The molecule has 2 heteroatoms. The molecule has 1 aromatic rings. The molecule has 0 aliphatic heterocycles. The van der Waals surface area contributed by atoms with Gasteiger partial charge in [0.2, 0.25) is 0 Å². The maximum absolute atomic E-state index is 5.04. The van der Waals surface area contributed by atoms with E-state index < -0.39 is 0 Å². The second kappa shape index (κ2) is 4.63. The van der Waals surface area contributed by atoms with Crippen LogP contribution in [0.25, 0.3) is 0 Å². The van der Waals surface area contributed by atoms with Gasteiger partial charge in [0, 0.05) is 0 Å². The van der Waals surface area contributed by atoms with Crippen molar-refractivity contribution in [3.05, 3.63) is 17.7 Å². The smallest absolute Gasteiger partial charge is 0.109 e. The molecule has 56 valence electrons. The minimum Gasteiger partial charge on any atom is -0.336 e. The summed E-state index contributed by atoms with van der Waals surface area (Å²) in [5, 5.41) is 0. The molecule has 0 amide bonds. The van der Waals surface area contributed by atoms with Crippen LogP contribution in [-0.2, 0) is 0 Å².